The van der Waals surface area contributed by atoms with Crippen LogP contribution in [0.15, 0.2) is 83.9 Å². The van der Waals surface area contributed by atoms with E-state index < -0.39 is 15.4 Å². The molecule has 0 spiro atoms. The van der Waals surface area contributed by atoms with Crippen LogP contribution < -0.4 is 20.7 Å². The van der Waals surface area contributed by atoms with Crippen molar-refractivity contribution >= 4 is 33.4 Å². The smallest absolute Gasteiger partial charge is 0.240 e. The zero-order valence-electron chi connectivity index (χ0n) is 22.8. The summed E-state index contributed by atoms with van der Waals surface area (Å²) in [4.78, 5) is 22.5. The second-order valence-corrected chi connectivity index (χ2v) is 12.4. The van der Waals surface area contributed by atoms with Gasteiger partial charge in [0.15, 0.2) is 0 Å². The SMILES string of the molecule is Cc1cccc(C2(C(=O)NCc3ccc(-c4cnc5nc4NCCCNS(=O)(=O)c4cccc(c4)N5)cc3)CC2)c1. The maximum atomic E-state index is 13.1. The molecule has 10 heteroatoms. The summed E-state index contributed by atoms with van der Waals surface area (Å²) < 4.78 is 27.9. The quantitative estimate of drug-likeness (QED) is 0.277. The normalized spacial score (nSPS) is 17.0. The number of nitrogens with zero attached hydrogens (tertiary/aromatic N) is 2. The molecule has 3 aromatic carbocycles. The van der Waals surface area contributed by atoms with E-state index in [1.54, 1.807) is 30.5 Å². The molecule has 41 heavy (non-hydrogen) atoms. The third-order valence-electron chi connectivity index (χ3n) is 7.60. The number of hydrogen-bond acceptors (Lipinski definition) is 7. The number of fused-ring (bicyclic) bond motifs is 4. The number of hydrogen-bond donors (Lipinski definition) is 4. The van der Waals surface area contributed by atoms with Gasteiger partial charge in [-0.3, -0.25) is 4.79 Å². The molecule has 1 fully saturated rings. The molecular weight excluding hydrogens is 536 g/mol. The number of aromatic nitrogens is 2. The molecule has 0 saturated heterocycles. The van der Waals surface area contributed by atoms with Crippen LogP contribution in [0.4, 0.5) is 17.5 Å². The summed E-state index contributed by atoms with van der Waals surface area (Å²) in [5.74, 6) is 1.09. The second-order valence-electron chi connectivity index (χ2n) is 10.6. The summed E-state index contributed by atoms with van der Waals surface area (Å²) in [6, 6.07) is 22.8. The first-order valence-corrected chi connectivity index (χ1v) is 15.2. The molecule has 1 aliphatic carbocycles. The fourth-order valence-corrected chi connectivity index (χ4v) is 6.23. The van der Waals surface area contributed by atoms with Gasteiger partial charge in [-0.1, -0.05) is 60.2 Å². The van der Waals surface area contributed by atoms with Crippen LogP contribution in [0.5, 0.6) is 0 Å². The highest BCUT2D eigenvalue weighted by Gasteiger charge is 2.51. The van der Waals surface area contributed by atoms with Crippen LogP contribution in [0, 0.1) is 6.92 Å². The predicted molar refractivity (Wildman–Crippen MR) is 159 cm³/mol. The Morgan fingerprint density at radius 1 is 1.00 bits per heavy atom. The van der Waals surface area contributed by atoms with E-state index in [1.807, 2.05) is 36.4 Å². The molecular formula is C31H32N6O3S. The van der Waals surface area contributed by atoms with E-state index in [4.69, 9.17) is 4.98 Å². The molecule has 0 atom stereocenters. The highest BCUT2D eigenvalue weighted by molar-refractivity contribution is 7.89. The molecule has 9 nitrogen and oxygen atoms in total. The van der Waals surface area contributed by atoms with Crippen LogP contribution in [0.1, 0.15) is 36.0 Å². The highest BCUT2D eigenvalue weighted by atomic mass is 32.2. The lowest BCUT2D eigenvalue weighted by atomic mass is 9.93. The topological polar surface area (TPSA) is 125 Å². The monoisotopic (exact) mass is 568 g/mol. The molecule has 210 valence electrons. The van der Waals surface area contributed by atoms with Crippen molar-refractivity contribution in [2.24, 2.45) is 0 Å². The van der Waals surface area contributed by atoms with E-state index in [0.717, 1.165) is 40.7 Å². The zero-order valence-corrected chi connectivity index (χ0v) is 23.6. The van der Waals surface area contributed by atoms with Crippen LogP contribution >= 0.6 is 0 Å². The molecule has 0 radical (unpaired) electrons. The molecule has 4 N–H and O–H groups in total. The average molecular weight is 569 g/mol. The standard InChI is InChI=1S/C31H32N6O3S/c1-21-5-2-6-24(17-21)31(13-14-31)29(38)33-19-22-9-11-23(12-10-22)27-20-34-30-36-25-7-3-8-26(18-25)41(39,40)35-16-4-15-32-28(27)37-30/h2-3,5-12,17-18,20,35H,4,13-16,19H2,1H3,(H,33,38)(H2,32,34,36,37). The molecule has 2 heterocycles. The van der Waals surface area contributed by atoms with E-state index >= 15 is 0 Å². The molecule has 1 aliphatic heterocycles. The first-order valence-electron chi connectivity index (χ1n) is 13.7. The zero-order chi connectivity index (χ0) is 28.5. The van der Waals surface area contributed by atoms with Gasteiger partial charge in [0.05, 0.1) is 10.3 Å². The lowest BCUT2D eigenvalue weighted by Gasteiger charge is -2.17. The van der Waals surface area contributed by atoms with E-state index in [-0.39, 0.29) is 10.8 Å². The second kappa shape index (κ2) is 10.9. The minimum absolute atomic E-state index is 0.0759. The lowest BCUT2D eigenvalue weighted by molar-refractivity contribution is -0.123. The largest absolute Gasteiger partial charge is 0.369 e. The molecule has 2 aliphatic rings. The Labute approximate surface area is 239 Å². The Morgan fingerprint density at radius 3 is 2.59 bits per heavy atom. The first-order chi connectivity index (χ1) is 19.8. The fourth-order valence-electron chi connectivity index (χ4n) is 5.11. The van der Waals surface area contributed by atoms with Gasteiger partial charge in [-0.2, -0.15) is 4.98 Å². The van der Waals surface area contributed by atoms with E-state index in [2.05, 4.69) is 44.7 Å². The van der Waals surface area contributed by atoms with Crippen molar-refractivity contribution in [1.82, 2.24) is 20.0 Å². The first kappa shape index (κ1) is 26.9. The summed E-state index contributed by atoms with van der Waals surface area (Å²) in [5, 5.41) is 9.59. The number of carbonyl (C=O) groups excluding carboxylic acids is 1. The number of carbonyl (C=O) groups is 1. The lowest BCUT2D eigenvalue weighted by Crippen LogP contribution is -2.34. The highest BCUT2D eigenvalue weighted by Crippen LogP contribution is 2.48. The Balaban J connectivity index is 1.18. The van der Waals surface area contributed by atoms with Gasteiger partial charge in [-0.25, -0.2) is 18.1 Å². The van der Waals surface area contributed by atoms with Crippen molar-refractivity contribution in [1.29, 1.82) is 0 Å². The summed E-state index contributed by atoms with van der Waals surface area (Å²) in [5.41, 5.74) is 5.19. The number of benzene rings is 3. The van der Waals surface area contributed by atoms with Crippen LogP contribution in [-0.2, 0) is 26.8 Å². The molecule has 4 aromatic rings. The van der Waals surface area contributed by atoms with Gasteiger partial charge in [0, 0.05) is 37.1 Å². The fraction of sp³-hybridized carbons (Fsp3) is 0.258. The van der Waals surface area contributed by atoms with E-state index in [0.29, 0.717) is 43.5 Å². The van der Waals surface area contributed by atoms with Crippen molar-refractivity contribution < 1.29 is 13.2 Å². The molecule has 1 amide bonds. The van der Waals surface area contributed by atoms with Crippen molar-refractivity contribution in [2.75, 3.05) is 23.7 Å². The summed E-state index contributed by atoms with van der Waals surface area (Å²) in [7, 11) is -3.61. The van der Waals surface area contributed by atoms with Crippen LogP contribution in [0.25, 0.3) is 11.1 Å². The van der Waals surface area contributed by atoms with Crippen molar-refractivity contribution in [2.45, 2.75) is 43.0 Å². The third-order valence-corrected chi connectivity index (χ3v) is 9.06. The Morgan fingerprint density at radius 2 is 1.80 bits per heavy atom. The van der Waals surface area contributed by atoms with Crippen LogP contribution in [0.2, 0.25) is 0 Å². The van der Waals surface area contributed by atoms with E-state index in [1.165, 1.54) is 0 Å². The van der Waals surface area contributed by atoms with Gasteiger partial charge < -0.3 is 16.0 Å². The predicted octanol–water partition coefficient (Wildman–Crippen LogP) is 4.64. The van der Waals surface area contributed by atoms with Gasteiger partial charge in [0.1, 0.15) is 5.82 Å². The van der Waals surface area contributed by atoms with Gasteiger partial charge in [0.25, 0.3) is 0 Å². The summed E-state index contributed by atoms with van der Waals surface area (Å²) in [6.45, 7) is 3.32. The molecule has 4 bridgehead atoms. The van der Waals surface area contributed by atoms with Crippen LogP contribution in [0.3, 0.4) is 0 Å². The van der Waals surface area contributed by atoms with E-state index in [9.17, 15) is 13.2 Å². The van der Waals surface area contributed by atoms with Crippen LogP contribution in [-0.4, -0.2) is 37.4 Å². The maximum absolute atomic E-state index is 13.1. The summed E-state index contributed by atoms with van der Waals surface area (Å²) in [6.07, 6.45) is 4.08. The molecule has 0 unspecified atom stereocenters. The minimum Gasteiger partial charge on any atom is -0.369 e. The van der Waals surface area contributed by atoms with Gasteiger partial charge in [-0.15, -0.1) is 0 Å². The number of amides is 1. The van der Waals surface area contributed by atoms with Gasteiger partial charge in [-0.05, 0) is 61.1 Å². The number of anilines is 3. The van der Waals surface area contributed by atoms with Crippen molar-refractivity contribution in [3.63, 3.8) is 0 Å². The summed E-state index contributed by atoms with van der Waals surface area (Å²) >= 11 is 0. The van der Waals surface area contributed by atoms with Crippen molar-refractivity contribution in [3.8, 4) is 11.1 Å². The minimum atomic E-state index is -3.61. The Hall–Kier alpha value is -4.28. The number of nitrogens with one attached hydrogen (secondary N) is 4. The molecule has 1 aromatic heterocycles. The maximum Gasteiger partial charge on any atom is 0.240 e. The molecule has 6 rings (SSSR count). The third kappa shape index (κ3) is 5.79. The number of rotatable bonds is 5. The number of sulfonamides is 1. The Kier molecular flexibility index (Phi) is 7.19. The van der Waals surface area contributed by atoms with Gasteiger partial charge >= 0.3 is 0 Å². The van der Waals surface area contributed by atoms with Gasteiger partial charge in [0.2, 0.25) is 21.9 Å². The average Bonchev–Trinajstić information content (AvgIpc) is 3.78. The Bertz CT molecular complexity index is 1700. The van der Waals surface area contributed by atoms with Crippen molar-refractivity contribution in [3.05, 3.63) is 95.7 Å². The number of aryl methyl sites for hydroxylation is 1. The molecule has 1 saturated carbocycles.